The van der Waals surface area contributed by atoms with Crippen molar-refractivity contribution in [1.29, 1.82) is 0 Å². The Kier molecular flexibility index (Phi) is 3.19. The Balaban J connectivity index is 2.23. The van der Waals surface area contributed by atoms with Gasteiger partial charge >= 0.3 is 0 Å². The van der Waals surface area contributed by atoms with Crippen molar-refractivity contribution in [3.8, 4) is 0 Å². The van der Waals surface area contributed by atoms with Gasteiger partial charge in [-0.3, -0.25) is 0 Å². The van der Waals surface area contributed by atoms with E-state index in [1.807, 2.05) is 0 Å². The van der Waals surface area contributed by atoms with E-state index in [1.165, 1.54) is 10.8 Å². The topological polar surface area (TPSA) is 0 Å². The van der Waals surface area contributed by atoms with Gasteiger partial charge in [0.25, 0.3) is 0 Å². The fraction of sp³-hybridized carbons (Fsp3) is 1.00. The first-order valence-corrected chi connectivity index (χ1v) is 5.20. The Morgan fingerprint density at radius 1 is 1.44 bits per heavy atom. The SMILES string of the molecule is FC1CCCC(SS)C1. The predicted molar refractivity (Wildman–Crippen MR) is 43.7 cm³/mol. The van der Waals surface area contributed by atoms with Gasteiger partial charge in [0.1, 0.15) is 6.17 Å². The molecular formula is C6H11FS2. The molecule has 0 aliphatic heterocycles. The van der Waals surface area contributed by atoms with E-state index >= 15 is 0 Å². The Morgan fingerprint density at radius 3 is 2.67 bits per heavy atom. The Morgan fingerprint density at radius 2 is 2.22 bits per heavy atom. The minimum absolute atomic E-state index is 0.470. The second-order valence-corrected chi connectivity index (χ2v) is 4.00. The molecule has 0 radical (unpaired) electrons. The van der Waals surface area contributed by atoms with Crippen LogP contribution >= 0.6 is 22.5 Å². The van der Waals surface area contributed by atoms with Gasteiger partial charge in [-0.1, -0.05) is 10.8 Å². The molecule has 0 amide bonds. The number of halogens is 1. The highest BCUT2D eigenvalue weighted by atomic mass is 33.1. The largest absolute Gasteiger partial charge is 0.247 e. The highest BCUT2D eigenvalue weighted by Crippen LogP contribution is 2.31. The third-order valence-corrected chi connectivity index (χ3v) is 3.33. The summed E-state index contributed by atoms with van der Waals surface area (Å²) in [5.41, 5.74) is 0. The molecule has 3 heteroatoms. The molecule has 0 aromatic carbocycles. The molecule has 0 N–H and O–H groups in total. The summed E-state index contributed by atoms with van der Waals surface area (Å²) in [5.74, 6) is 0. The van der Waals surface area contributed by atoms with Gasteiger partial charge in [0.05, 0.1) is 0 Å². The zero-order chi connectivity index (χ0) is 6.69. The van der Waals surface area contributed by atoms with Gasteiger partial charge in [-0.2, -0.15) is 0 Å². The third-order valence-electron chi connectivity index (χ3n) is 1.71. The average Bonchev–Trinajstić information content (AvgIpc) is 1.88. The molecular weight excluding hydrogens is 155 g/mol. The number of hydrogen-bond donors (Lipinski definition) is 1. The average molecular weight is 166 g/mol. The molecule has 0 heterocycles. The van der Waals surface area contributed by atoms with Crippen LogP contribution in [0.2, 0.25) is 0 Å². The van der Waals surface area contributed by atoms with Gasteiger partial charge in [-0.25, -0.2) is 4.39 Å². The highest BCUT2D eigenvalue weighted by Gasteiger charge is 2.20. The minimum Gasteiger partial charge on any atom is -0.247 e. The lowest BCUT2D eigenvalue weighted by molar-refractivity contribution is 0.256. The fourth-order valence-corrected chi connectivity index (χ4v) is 2.33. The smallest absolute Gasteiger partial charge is 0.101 e. The zero-order valence-electron chi connectivity index (χ0n) is 5.22. The summed E-state index contributed by atoms with van der Waals surface area (Å²) in [6, 6.07) is 0. The van der Waals surface area contributed by atoms with Crippen molar-refractivity contribution >= 4 is 22.5 Å². The third kappa shape index (κ3) is 2.38. The van der Waals surface area contributed by atoms with E-state index in [2.05, 4.69) is 11.7 Å². The molecule has 0 aromatic rings. The molecule has 9 heavy (non-hydrogen) atoms. The van der Waals surface area contributed by atoms with Crippen molar-refractivity contribution in [1.82, 2.24) is 0 Å². The molecule has 2 atom stereocenters. The van der Waals surface area contributed by atoms with Crippen LogP contribution in [-0.2, 0) is 0 Å². The zero-order valence-corrected chi connectivity index (χ0v) is 6.93. The number of rotatable bonds is 1. The molecule has 1 aliphatic rings. The lowest BCUT2D eigenvalue weighted by atomic mass is 9.99. The monoisotopic (exact) mass is 166 g/mol. The maximum atomic E-state index is 12.6. The van der Waals surface area contributed by atoms with Crippen molar-refractivity contribution in [3.63, 3.8) is 0 Å². The normalized spacial score (nSPS) is 36.7. The maximum absolute atomic E-state index is 12.6. The van der Waals surface area contributed by atoms with Crippen LogP contribution in [0.25, 0.3) is 0 Å². The van der Waals surface area contributed by atoms with Crippen molar-refractivity contribution in [2.45, 2.75) is 37.1 Å². The molecule has 1 aliphatic carbocycles. The molecule has 1 rings (SSSR count). The molecule has 0 nitrogen and oxygen atoms in total. The van der Waals surface area contributed by atoms with Crippen molar-refractivity contribution in [2.75, 3.05) is 0 Å². The molecule has 1 saturated carbocycles. The number of thiol groups is 1. The quantitative estimate of drug-likeness (QED) is 0.461. The second-order valence-electron chi connectivity index (χ2n) is 2.49. The lowest BCUT2D eigenvalue weighted by Crippen LogP contribution is -2.16. The highest BCUT2D eigenvalue weighted by molar-refractivity contribution is 8.68. The summed E-state index contributed by atoms with van der Waals surface area (Å²) in [4.78, 5) is 0. The molecule has 0 saturated heterocycles. The van der Waals surface area contributed by atoms with E-state index in [4.69, 9.17) is 0 Å². The van der Waals surface area contributed by atoms with E-state index in [0.717, 1.165) is 19.3 Å². The summed E-state index contributed by atoms with van der Waals surface area (Å²) in [6.07, 6.45) is 3.12. The first-order chi connectivity index (χ1) is 4.33. The van der Waals surface area contributed by atoms with E-state index in [9.17, 15) is 4.39 Å². The van der Waals surface area contributed by atoms with Gasteiger partial charge in [0.2, 0.25) is 0 Å². The van der Waals surface area contributed by atoms with Gasteiger partial charge in [0, 0.05) is 5.25 Å². The van der Waals surface area contributed by atoms with E-state index in [-0.39, 0.29) is 0 Å². The Hall–Kier alpha value is 0.630. The lowest BCUT2D eigenvalue weighted by Gasteiger charge is -2.21. The van der Waals surface area contributed by atoms with Crippen LogP contribution in [0.15, 0.2) is 0 Å². The summed E-state index contributed by atoms with van der Waals surface area (Å²) >= 11 is 4.05. The summed E-state index contributed by atoms with van der Waals surface area (Å²) in [7, 11) is 1.50. The summed E-state index contributed by atoms with van der Waals surface area (Å²) < 4.78 is 12.6. The van der Waals surface area contributed by atoms with Gasteiger partial charge in [-0.05, 0) is 25.7 Å². The standard InChI is InChI=1S/C6H11FS2/c7-5-2-1-3-6(4-5)9-8/h5-6,8H,1-4H2. The van der Waals surface area contributed by atoms with Crippen LogP contribution in [0.3, 0.4) is 0 Å². The fourth-order valence-electron chi connectivity index (χ4n) is 1.18. The first kappa shape index (κ1) is 7.73. The van der Waals surface area contributed by atoms with Gasteiger partial charge in [0.15, 0.2) is 0 Å². The van der Waals surface area contributed by atoms with E-state index in [1.54, 1.807) is 0 Å². The first-order valence-electron chi connectivity index (χ1n) is 3.27. The van der Waals surface area contributed by atoms with Crippen LogP contribution in [0, 0.1) is 0 Å². The van der Waals surface area contributed by atoms with Crippen LogP contribution in [0.5, 0.6) is 0 Å². The summed E-state index contributed by atoms with van der Waals surface area (Å²) in [6.45, 7) is 0. The van der Waals surface area contributed by atoms with Crippen LogP contribution in [0.1, 0.15) is 25.7 Å². The predicted octanol–water partition coefficient (Wildman–Crippen LogP) is 2.85. The maximum Gasteiger partial charge on any atom is 0.101 e. The number of alkyl halides is 1. The molecule has 1 fully saturated rings. The van der Waals surface area contributed by atoms with Crippen LogP contribution < -0.4 is 0 Å². The van der Waals surface area contributed by atoms with Crippen molar-refractivity contribution in [3.05, 3.63) is 0 Å². The molecule has 54 valence electrons. The molecule has 0 bridgehead atoms. The van der Waals surface area contributed by atoms with Gasteiger partial charge in [-0.15, -0.1) is 11.7 Å². The van der Waals surface area contributed by atoms with Crippen molar-refractivity contribution < 1.29 is 4.39 Å². The summed E-state index contributed by atoms with van der Waals surface area (Å²) in [5, 5.41) is 0.470. The Labute approximate surface area is 64.4 Å². The van der Waals surface area contributed by atoms with E-state index < -0.39 is 6.17 Å². The second kappa shape index (κ2) is 3.71. The van der Waals surface area contributed by atoms with Crippen LogP contribution in [-0.4, -0.2) is 11.4 Å². The van der Waals surface area contributed by atoms with Gasteiger partial charge < -0.3 is 0 Å². The molecule has 0 spiro atoms. The molecule has 0 aromatic heterocycles. The Bertz CT molecular complexity index is 87.1. The van der Waals surface area contributed by atoms with E-state index in [0.29, 0.717) is 11.7 Å². The van der Waals surface area contributed by atoms with Crippen molar-refractivity contribution in [2.24, 2.45) is 0 Å². The number of hydrogen-bond acceptors (Lipinski definition) is 2. The minimum atomic E-state index is -0.552. The molecule has 2 unspecified atom stereocenters. The van der Waals surface area contributed by atoms with Crippen LogP contribution in [0.4, 0.5) is 4.39 Å².